The van der Waals surface area contributed by atoms with Crippen molar-refractivity contribution in [2.45, 2.75) is 39.2 Å². The van der Waals surface area contributed by atoms with Crippen LogP contribution < -0.4 is 19.9 Å². The van der Waals surface area contributed by atoms with E-state index in [1.165, 1.54) is 8.99 Å². The van der Waals surface area contributed by atoms with E-state index in [1.807, 2.05) is 15.9 Å². The van der Waals surface area contributed by atoms with Crippen molar-refractivity contribution < 1.29 is 17.9 Å². The highest BCUT2D eigenvalue weighted by Gasteiger charge is 2.39. The lowest BCUT2D eigenvalue weighted by Gasteiger charge is -2.35. The van der Waals surface area contributed by atoms with Crippen molar-refractivity contribution in [1.29, 1.82) is 0 Å². The Morgan fingerprint density at radius 1 is 1.02 bits per heavy atom. The summed E-state index contributed by atoms with van der Waals surface area (Å²) >= 11 is 6.16. The fourth-order valence-corrected chi connectivity index (χ4v) is 6.90. The van der Waals surface area contributed by atoms with Gasteiger partial charge < -0.3 is 14.5 Å². The second kappa shape index (κ2) is 12.5. The summed E-state index contributed by atoms with van der Waals surface area (Å²) in [6.45, 7) is 5.28. The SMILES string of the molecule is CC1(COc2c(N3CCN(S(=O)(=O)NCc4cccc(C(=O)N5CCCC5)c4)CC3)cnn(-c3cccc(Cl)c3)c2=O)CC1. The van der Waals surface area contributed by atoms with Crippen LogP contribution in [0.2, 0.25) is 5.02 Å². The molecule has 3 fully saturated rings. The topological polar surface area (TPSA) is 117 Å². The van der Waals surface area contributed by atoms with Gasteiger partial charge in [0.1, 0.15) is 5.69 Å². The van der Waals surface area contributed by atoms with E-state index in [2.05, 4.69) is 16.7 Å². The highest BCUT2D eigenvalue weighted by atomic mass is 35.5. The van der Waals surface area contributed by atoms with E-state index in [4.69, 9.17) is 16.3 Å². The lowest BCUT2D eigenvalue weighted by molar-refractivity contribution is 0.0792. The summed E-state index contributed by atoms with van der Waals surface area (Å²) in [5, 5.41) is 4.90. The number of ether oxygens (including phenoxy) is 1. The molecule has 1 aromatic heterocycles. The van der Waals surface area contributed by atoms with Crippen LogP contribution >= 0.6 is 11.6 Å². The molecule has 2 aliphatic heterocycles. The zero-order chi connectivity index (χ0) is 30.9. The van der Waals surface area contributed by atoms with Gasteiger partial charge in [-0.2, -0.15) is 27.2 Å². The van der Waals surface area contributed by atoms with Crippen LogP contribution in [0.25, 0.3) is 5.69 Å². The van der Waals surface area contributed by atoms with Gasteiger partial charge in [0.25, 0.3) is 16.1 Å². The highest BCUT2D eigenvalue weighted by molar-refractivity contribution is 7.87. The van der Waals surface area contributed by atoms with Gasteiger partial charge in [-0.1, -0.05) is 36.7 Å². The Bertz CT molecular complexity index is 1700. The third-order valence-corrected chi connectivity index (χ3v) is 10.4. The van der Waals surface area contributed by atoms with E-state index in [9.17, 15) is 18.0 Å². The van der Waals surface area contributed by atoms with E-state index in [0.717, 1.165) is 44.3 Å². The van der Waals surface area contributed by atoms with E-state index in [0.29, 0.717) is 41.7 Å². The average molecular weight is 641 g/mol. The number of benzene rings is 2. The molecule has 11 nitrogen and oxygen atoms in total. The molecule has 0 atom stereocenters. The summed E-state index contributed by atoms with van der Waals surface area (Å²) in [6.07, 6.45) is 5.70. The first-order chi connectivity index (χ1) is 21.1. The molecule has 3 aliphatic rings. The van der Waals surface area contributed by atoms with Crippen LogP contribution in [0.3, 0.4) is 0 Å². The van der Waals surface area contributed by atoms with Gasteiger partial charge in [0.2, 0.25) is 5.75 Å². The van der Waals surface area contributed by atoms with E-state index in [-0.39, 0.29) is 36.7 Å². The molecule has 1 amide bonds. The van der Waals surface area contributed by atoms with Crippen molar-refractivity contribution in [3.8, 4) is 11.4 Å². The number of amides is 1. The molecule has 2 aromatic carbocycles. The molecule has 6 rings (SSSR count). The molecule has 13 heteroatoms. The first kappa shape index (κ1) is 30.6. The fourth-order valence-electron chi connectivity index (χ4n) is 5.54. The quantitative estimate of drug-likeness (QED) is 0.361. The number of nitrogens with one attached hydrogen (secondary N) is 1. The number of hydrogen-bond donors (Lipinski definition) is 1. The molecule has 0 bridgehead atoms. The lowest BCUT2D eigenvalue weighted by Crippen LogP contribution is -2.52. The number of likely N-dealkylation sites (tertiary alicyclic amines) is 1. The Balaban J connectivity index is 1.13. The number of carbonyl (C=O) groups excluding carboxylic acids is 1. The second-order valence-electron chi connectivity index (χ2n) is 12.1. The molecule has 1 saturated carbocycles. The first-order valence-corrected chi connectivity index (χ1v) is 16.8. The minimum Gasteiger partial charge on any atom is -0.486 e. The number of nitrogens with zero attached hydrogens (tertiary/aromatic N) is 5. The third kappa shape index (κ3) is 6.78. The molecule has 0 radical (unpaired) electrons. The van der Waals surface area contributed by atoms with Crippen LogP contribution in [0.15, 0.2) is 59.5 Å². The van der Waals surface area contributed by atoms with Crippen LogP contribution in [0, 0.1) is 5.41 Å². The molecular formula is C31H37ClN6O5S. The van der Waals surface area contributed by atoms with Crippen molar-refractivity contribution in [1.82, 2.24) is 23.7 Å². The Morgan fingerprint density at radius 3 is 2.45 bits per heavy atom. The molecule has 3 aromatic rings. The van der Waals surface area contributed by atoms with Gasteiger partial charge in [0.05, 0.1) is 18.5 Å². The standard InChI is InChI=1S/C31H37ClN6O5S/c1-31(10-11-31)22-43-28-27(21-33-38(30(28)40)26-9-5-8-25(32)19-26)35-14-16-37(17-15-35)44(41,42)34-20-23-6-4-7-24(18-23)29(39)36-12-2-3-13-36/h4-9,18-19,21,34H,2-3,10-17,20,22H2,1H3. The lowest BCUT2D eigenvalue weighted by atomic mass is 10.1. The van der Waals surface area contributed by atoms with E-state index < -0.39 is 15.8 Å². The van der Waals surface area contributed by atoms with Crippen molar-refractivity contribution in [3.05, 3.63) is 81.2 Å². The Morgan fingerprint density at radius 2 is 1.75 bits per heavy atom. The summed E-state index contributed by atoms with van der Waals surface area (Å²) in [6, 6.07) is 14.0. The zero-order valence-electron chi connectivity index (χ0n) is 24.7. The maximum absolute atomic E-state index is 13.6. The fraction of sp³-hybridized carbons (Fsp3) is 0.452. The minimum absolute atomic E-state index is 0.0207. The maximum Gasteiger partial charge on any atom is 0.316 e. The number of aromatic nitrogens is 2. The number of piperazine rings is 1. The van der Waals surface area contributed by atoms with Crippen LogP contribution in [0.4, 0.5) is 5.69 Å². The first-order valence-electron chi connectivity index (χ1n) is 15.0. The van der Waals surface area contributed by atoms with Crippen LogP contribution in [-0.4, -0.2) is 79.2 Å². The minimum atomic E-state index is -3.79. The predicted molar refractivity (Wildman–Crippen MR) is 169 cm³/mol. The van der Waals surface area contributed by atoms with Gasteiger partial charge in [0, 0.05) is 61.8 Å². The summed E-state index contributed by atoms with van der Waals surface area (Å²) in [4.78, 5) is 30.2. The molecule has 0 unspecified atom stereocenters. The van der Waals surface area contributed by atoms with Crippen molar-refractivity contribution in [3.63, 3.8) is 0 Å². The number of rotatable bonds is 10. The zero-order valence-corrected chi connectivity index (χ0v) is 26.3. The molecule has 234 valence electrons. The predicted octanol–water partition coefficient (Wildman–Crippen LogP) is 3.46. The summed E-state index contributed by atoms with van der Waals surface area (Å²) < 4.78 is 38.0. The number of hydrogen-bond acceptors (Lipinski definition) is 7. The van der Waals surface area contributed by atoms with Gasteiger partial charge in [-0.3, -0.25) is 9.59 Å². The monoisotopic (exact) mass is 640 g/mol. The largest absolute Gasteiger partial charge is 0.486 e. The normalized spacial score (nSPS) is 18.4. The van der Waals surface area contributed by atoms with Crippen LogP contribution in [0.1, 0.15) is 48.5 Å². The van der Waals surface area contributed by atoms with Crippen molar-refractivity contribution in [2.24, 2.45) is 5.41 Å². The van der Waals surface area contributed by atoms with Gasteiger partial charge in [-0.15, -0.1) is 0 Å². The van der Waals surface area contributed by atoms with Gasteiger partial charge in [0.15, 0.2) is 0 Å². The Labute approximate surface area is 262 Å². The smallest absolute Gasteiger partial charge is 0.316 e. The molecule has 1 aliphatic carbocycles. The van der Waals surface area contributed by atoms with Crippen molar-refractivity contribution in [2.75, 3.05) is 50.8 Å². The highest BCUT2D eigenvalue weighted by Crippen LogP contribution is 2.45. The van der Waals surface area contributed by atoms with Crippen LogP contribution in [-0.2, 0) is 16.8 Å². The third-order valence-electron chi connectivity index (χ3n) is 8.58. The molecule has 0 spiro atoms. The number of anilines is 1. The Hall–Kier alpha value is -3.45. The summed E-state index contributed by atoms with van der Waals surface area (Å²) in [5.41, 5.74) is 2.02. The summed E-state index contributed by atoms with van der Waals surface area (Å²) in [5.74, 6) is 0.179. The molecule has 44 heavy (non-hydrogen) atoms. The van der Waals surface area contributed by atoms with Gasteiger partial charge in [-0.05, 0) is 61.6 Å². The Kier molecular flexibility index (Phi) is 8.69. The van der Waals surface area contributed by atoms with E-state index >= 15 is 0 Å². The van der Waals surface area contributed by atoms with Gasteiger partial charge >= 0.3 is 5.56 Å². The maximum atomic E-state index is 13.6. The van der Waals surface area contributed by atoms with Crippen LogP contribution in [0.5, 0.6) is 5.75 Å². The molecule has 1 N–H and O–H groups in total. The van der Waals surface area contributed by atoms with Gasteiger partial charge in [-0.25, -0.2) is 0 Å². The second-order valence-corrected chi connectivity index (χ2v) is 14.3. The molecule has 3 heterocycles. The number of carbonyl (C=O) groups is 1. The summed E-state index contributed by atoms with van der Waals surface area (Å²) in [7, 11) is -3.79. The average Bonchev–Trinajstić information content (AvgIpc) is 3.51. The van der Waals surface area contributed by atoms with E-state index in [1.54, 1.807) is 48.7 Å². The number of halogens is 1. The van der Waals surface area contributed by atoms with Crippen molar-refractivity contribution >= 4 is 33.4 Å². The molecular weight excluding hydrogens is 604 g/mol. The molecule has 2 saturated heterocycles.